The first-order valence-electron chi connectivity index (χ1n) is 13.0. The summed E-state index contributed by atoms with van der Waals surface area (Å²) in [5.74, 6) is 0.475. The fourth-order valence-corrected chi connectivity index (χ4v) is 6.47. The van der Waals surface area contributed by atoms with Gasteiger partial charge in [-0.25, -0.2) is 4.79 Å². The molecule has 4 aliphatic heterocycles. The van der Waals surface area contributed by atoms with Crippen LogP contribution < -0.4 is 0 Å². The summed E-state index contributed by atoms with van der Waals surface area (Å²) in [6.45, 7) is 8.61. The molecular formula is C29H39N2O2+. The van der Waals surface area contributed by atoms with E-state index in [4.69, 9.17) is 4.74 Å². The van der Waals surface area contributed by atoms with Gasteiger partial charge in [0.15, 0.2) is 6.10 Å². The molecule has 0 saturated carbocycles. The van der Waals surface area contributed by atoms with Gasteiger partial charge in [0.25, 0.3) is 0 Å². The van der Waals surface area contributed by atoms with Gasteiger partial charge in [-0.1, -0.05) is 67.1 Å². The molecule has 4 heteroatoms. The fourth-order valence-electron chi connectivity index (χ4n) is 6.47. The third-order valence-electron chi connectivity index (χ3n) is 8.74. The highest BCUT2D eigenvalue weighted by Gasteiger charge is 2.50. The number of esters is 1. The largest absolute Gasteiger partial charge is 0.454 e. The van der Waals surface area contributed by atoms with Crippen molar-refractivity contribution < 1.29 is 14.0 Å². The van der Waals surface area contributed by atoms with Crippen molar-refractivity contribution in [1.82, 2.24) is 4.90 Å². The van der Waals surface area contributed by atoms with E-state index in [1.54, 1.807) is 0 Å². The van der Waals surface area contributed by atoms with Gasteiger partial charge in [-0.2, -0.15) is 0 Å². The molecule has 2 aromatic carbocycles. The molecule has 0 aromatic heterocycles. The molecule has 0 spiro atoms. The maximum Gasteiger partial charge on any atom is 0.331 e. The summed E-state index contributed by atoms with van der Waals surface area (Å²) in [5.41, 5.74) is 1.77. The lowest BCUT2D eigenvalue weighted by molar-refractivity contribution is -0.946. The van der Waals surface area contributed by atoms with Crippen LogP contribution in [-0.4, -0.2) is 60.7 Å². The van der Waals surface area contributed by atoms with Crippen LogP contribution in [0.4, 0.5) is 0 Å². The summed E-state index contributed by atoms with van der Waals surface area (Å²) in [4.78, 5) is 16.3. The number of hydrogen-bond donors (Lipinski definition) is 0. The number of carbonyl (C=O) groups is 1. The van der Waals surface area contributed by atoms with Crippen molar-refractivity contribution in [2.24, 2.45) is 5.92 Å². The van der Waals surface area contributed by atoms with Gasteiger partial charge in [0.05, 0.1) is 19.6 Å². The third-order valence-corrected chi connectivity index (χ3v) is 8.74. The number of carbonyl (C=O) groups excluding carboxylic acids is 1. The highest BCUT2D eigenvalue weighted by Crippen LogP contribution is 2.38. The predicted octanol–water partition coefficient (Wildman–Crippen LogP) is 4.78. The SMILES string of the molecule is C[C@](C(=O)O[C@H]1C[N+]2(CCc3ccccc3)CCC1CC2)(c1ccccc1)N1CCCCC1. The van der Waals surface area contributed by atoms with Gasteiger partial charge in [0, 0.05) is 25.2 Å². The van der Waals surface area contributed by atoms with E-state index in [9.17, 15) is 4.79 Å². The van der Waals surface area contributed by atoms with E-state index in [1.165, 1.54) is 37.9 Å². The first-order chi connectivity index (χ1) is 16.1. The number of likely N-dealkylation sites (tertiary alicyclic amines) is 1. The Balaban J connectivity index is 1.32. The van der Waals surface area contributed by atoms with Crippen LogP contribution in [0.3, 0.4) is 0 Å². The number of nitrogens with zero attached hydrogens (tertiary/aromatic N) is 2. The van der Waals surface area contributed by atoms with E-state index in [2.05, 4.69) is 54.3 Å². The Kier molecular flexibility index (Phi) is 6.58. The summed E-state index contributed by atoms with van der Waals surface area (Å²) in [6, 6.07) is 21.1. The van der Waals surface area contributed by atoms with Crippen LogP contribution in [0.5, 0.6) is 0 Å². The molecule has 0 aliphatic carbocycles. The lowest BCUT2D eigenvalue weighted by Gasteiger charge is -2.53. The average molecular weight is 448 g/mol. The van der Waals surface area contributed by atoms with Crippen LogP contribution in [0.25, 0.3) is 0 Å². The molecule has 2 aromatic rings. The second kappa shape index (κ2) is 9.60. The minimum atomic E-state index is -0.706. The molecule has 176 valence electrons. The van der Waals surface area contributed by atoms with E-state index in [-0.39, 0.29) is 12.1 Å². The van der Waals surface area contributed by atoms with Crippen molar-refractivity contribution in [1.29, 1.82) is 0 Å². The Hall–Kier alpha value is -2.17. The number of benzene rings is 2. The fraction of sp³-hybridized carbons (Fsp3) is 0.552. The molecule has 2 bridgehead atoms. The van der Waals surface area contributed by atoms with E-state index in [0.717, 1.165) is 55.5 Å². The molecule has 0 amide bonds. The standard InChI is InChI=1S/C29H39N2O2/c1-29(26-13-7-3-8-14-26,30-18-9-4-10-19-30)28(32)33-27-23-31(21-16-25(27)17-22-31)20-15-24-11-5-2-6-12-24/h2-3,5-8,11-14,25,27H,4,9-10,15-23H2,1H3/q+1/t25?,27-,29+,31?/m0/s1. The number of rotatable bonds is 7. The summed E-state index contributed by atoms with van der Waals surface area (Å²) >= 11 is 0. The van der Waals surface area contributed by atoms with Crippen LogP contribution in [0.1, 0.15) is 50.2 Å². The Labute approximate surface area is 199 Å². The van der Waals surface area contributed by atoms with E-state index >= 15 is 0 Å². The molecule has 0 radical (unpaired) electrons. The lowest BCUT2D eigenvalue weighted by Crippen LogP contribution is -2.65. The predicted molar refractivity (Wildman–Crippen MR) is 132 cm³/mol. The molecule has 4 nitrogen and oxygen atoms in total. The van der Waals surface area contributed by atoms with Crippen LogP contribution in [0, 0.1) is 5.92 Å². The molecule has 6 rings (SSSR count). The van der Waals surface area contributed by atoms with Gasteiger partial charge in [-0.3, -0.25) is 4.90 Å². The number of quaternary nitrogens is 1. The van der Waals surface area contributed by atoms with Gasteiger partial charge in [-0.05, 0) is 44.0 Å². The van der Waals surface area contributed by atoms with Crippen molar-refractivity contribution >= 4 is 5.97 Å². The first kappa shape index (κ1) is 22.6. The van der Waals surface area contributed by atoms with Crippen molar-refractivity contribution in [3.05, 3.63) is 71.8 Å². The summed E-state index contributed by atoms with van der Waals surface area (Å²) in [7, 11) is 0. The van der Waals surface area contributed by atoms with Gasteiger partial charge >= 0.3 is 5.97 Å². The normalized spacial score (nSPS) is 29.4. The van der Waals surface area contributed by atoms with E-state index in [1.807, 2.05) is 18.2 Å². The molecule has 4 heterocycles. The third kappa shape index (κ3) is 4.61. The summed E-state index contributed by atoms with van der Waals surface area (Å²) in [6.07, 6.45) is 7.06. The number of fused-ring (bicyclic) bond motifs is 3. The van der Waals surface area contributed by atoms with Crippen LogP contribution in [0.15, 0.2) is 60.7 Å². The highest BCUT2D eigenvalue weighted by molar-refractivity contribution is 5.82. The topological polar surface area (TPSA) is 29.5 Å². The maximum atomic E-state index is 13.9. The summed E-state index contributed by atoms with van der Waals surface area (Å²) < 4.78 is 7.59. The van der Waals surface area contributed by atoms with Crippen molar-refractivity contribution in [3.63, 3.8) is 0 Å². The molecule has 4 saturated heterocycles. The zero-order chi connectivity index (χ0) is 22.7. The molecule has 4 aliphatic rings. The van der Waals surface area contributed by atoms with Crippen LogP contribution >= 0.6 is 0 Å². The Bertz CT molecular complexity index is 917. The number of hydrogen-bond acceptors (Lipinski definition) is 3. The van der Waals surface area contributed by atoms with Gasteiger partial charge in [0.1, 0.15) is 12.1 Å². The second-order valence-electron chi connectivity index (χ2n) is 10.7. The lowest BCUT2D eigenvalue weighted by atomic mass is 9.82. The van der Waals surface area contributed by atoms with E-state index < -0.39 is 5.54 Å². The maximum absolute atomic E-state index is 13.9. The highest BCUT2D eigenvalue weighted by atomic mass is 16.5. The number of piperidine rings is 4. The molecule has 0 unspecified atom stereocenters. The smallest absolute Gasteiger partial charge is 0.331 e. The number of ether oxygens (including phenoxy) is 1. The van der Waals surface area contributed by atoms with Gasteiger partial charge in [0.2, 0.25) is 0 Å². The Morgan fingerprint density at radius 2 is 1.61 bits per heavy atom. The van der Waals surface area contributed by atoms with Crippen molar-refractivity contribution in [3.8, 4) is 0 Å². The van der Waals surface area contributed by atoms with Crippen molar-refractivity contribution in [2.45, 2.75) is 57.1 Å². The quantitative estimate of drug-likeness (QED) is 0.452. The summed E-state index contributed by atoms with van der Waals surface area (Å²) in [5, 5.41) is 0. The minimum Gasteiger partial charge on any atom is -0.454 e. The Morgan fingerprint density at radius 1 is 0.970 bits per heavy atom. The van der Waals surface area contributed by atoms with Crippen LogP contribution in [0.2, 0.25) is 0 Å². The first-order valence-corrected chi connectivity index (χ1v) is 13.0. The van der Waals surface area contributed by atoms with Gasteiger partial charge < -0.3 is 9.22 Å². The van der Waals surface area contributed by atoms with Crippen molar-refractivity contribution in [2.75, 3.05) is 39.3 Å². The zero-order valence-corrected chi connectivity index (χ0v) is 20.1. The minimum absolute atomic E-state index is 0.0450. The molecule has 4 fully saturated rings. The second-order valence-corrected chi connectivity index (χ2v) is 10.7. The zero-order valence-electron chi connectivity index (χ0n) is 20.1. The van der Waals surface area contributed by atoms with Crippen LogP contribution in [-0.2, 0) is 21.5 Å². The van der Waals surface area contributed by atoms with E-state index in [0.29, 0.717) is 5.92 Å². The molecule has 33 heavy (non-hydrogen) atoms. The molecule has 0 N–H and O–H groups in total. The average Bonchev–Trinajstić information content (AvgIpc) is 2.89. The monoisotopic (exact) mass is 447 g/mol. The Morgan fingerprint density at radius 3 is 2.27 bits per heavy atom. The van der Waals surface area contributed by atoms with Gasteiger partial charge in [-0.15, -0.1) is 0 Å². The molecule has 2 atom stereocenters. The molecular weight excluding hydrogens is 408 g/mol.